The number of ether oxygens (including phenoxy) is 3. The van der Waals surface area contributed by atoms with Crippen molar-refractivity contribution in [2.45, 2.75) is 322 Å². The van der Waals surface area contributed by atoms with E-state index in [1.807, 2.05) is 6.08 Å². The summed E-state index contributed by atoms with van der Waals surface area (Å²) in [7, 11) is 0. The molecule has 0 amide bonds. The van der Waals surface area contributed by atoms with Gasteiger partial charge in [0.25, 0.3) is 0 Å². The molecule has 0 rings (SSSR count). The van der Waals surface area contributed by atoms with E-state index in [4.69, 9.17) is 14.2 Å². The molecule has 0 aromatic carbocycles. The van der Waals surface area contributed by atoms with Crippen LogP contribution >= 0.6 is 0 Å². The van der Waals surface area contributed by atoms with Gasteiger partial charge in [-0.3, -0.25) is 14.4 Å². The normalized spacial score (nSPS) is 12.7. The highest BCUT2D eigenvalue weighted by molar-refractivity contribution is 5.71. The summed E-state index contributed by atoms with van der Waals surface area (Å²) in [6, 6.07) is 0. The van der Waals surface area contributed by atoms with Crippen molar-refractivity contribution in [3.63, 3.8) is 0 Å². The lowest BCUT2D eigenvalue weighted by atomic mass is 10.0. The zero-order chi connectivity index (χ0) is 55.7. The Morgan fingerprint density at radius 2 is 0.532 bits per heavy atom. The number of carbonyl (C=O) groups is 3. The second-order valence-corrected chi connectivity index (χ2v) is 21.6. The second-order valence-electron chi connectivity index (χ2n) is 21.6. The first-order chi connectivity index (χ1) is 38.0. The Bertz CT molecular complexity index is 1510. The molecule has 1 atom stereocenters. The van der Waals surface area contributed by atoms with Gasteiger partial charge in [0, 0.05) is 19.3 Å². The van der Waals surface area contributed by atoms with Crippen LogP contribution in [0.1, 0.15) is 316 Å². The van der Waals surface area contributed by atoms with Crippen molar-refractivity contribution in [3.05, 3.63) is 97.2 Å². The van der Waals surface area contributed by atoms with E-state index in [0.717, 1.165) is 89.9 Å². The van der Waals surface area contributed by atoms with Crippen LogP contribution in [-0.2, 0) is 28.6 Å². The van der Waals surface area contributed by atoms with Crippen molar-refractivity contribution in [1.82, 2.24) is 0 Å². The number of esters is 3. The number of rotatable bonds is 59. The number of carbonyl (C=O) groups excluding carboxylic acids is 3. The van der Waals surface area contributed by atoms with Crippen LogP contribution in [0.25, 0.3) is 0 Å². The zero-order valence-corrected chi connectivity index (χ0v) is 50.7. The van der Waals surface area contributed by atoms with Gasteiger partial charge in [0.1, 0.15) is 13.2 Å². The Morgan fingerprint density at radius 1 is 0.273 bits per heavy atom. The molecular formula is C71H122O6. The number of hydrogen-bond donors (Lipinski definition) is 0. The van der Waals surface area contributed by atoms with Gasteiger partial charge in [-0.1, -0.05) is 285 Å². The highest BCUT2D eigenvalue weighted by atomic mass is 16.6. The van der Waals surface area contributed by atoms with Crippen LogP contribution in [0.4, 0.5) is 0 Å². The summed E-state index contributed by atoms with van der Waals surface area (Å²) >= 11 is 0. The van der Waals surface area contributed by atoms with Crippen molar-refractivity contribution < 1.29 is 28.6 Å². The van der Waals surface area contributed by atoms with E-state index in [9.17, 15) is 14.4 Å². The van der Waals surface area contributed by atoms with Crippen molar-refractivity contribution >= 4 is 17.9 Å². The second kappa shape index (κ2) is 64.9. The minimum Gasteiger partial charge on any atom is -0.462 e. The van der Waals surface area contributed by atoms with Gasteiger partial charge in [-0.15, -0.1) is 0 Å². The van der Waals surface area contributed by atoms with Crippen molar-refractivity contribution in [3.8, 4) is 0 Å². The quantitative estimate of drug-likeness (QED) is 0.0261. The molecule has 442 valence electrons. The molecule has 0 bridgehead atoms. The molecule has 0 heterocycles. The molecule has 0 saturated heterocycles. The first-order valence-corrected chi connectivity index (χ1v) is 32.7. The van der Waals surface area contributed by atoms with Crippen LogP contribution in [0.2, 0.25) is 0 Å². The van der Waals surface area contributed by atoms with Gasteiger partial charge < -0.3 is 14.2 Å². The fourth-order valence-corrected chi connectivity index (χ4v) is 9.17. The van der Waals surface area contributed by atoms with Crippen LogP contribution in [-0.4, -0.2) is 37.2 Å². The lowest BCUT2D eigenvalue weighted by molar-refractivity contribution is -0.166. The fourth-order valence-electron chi connectivity index (χ4n) is 9.17. The summed E-state index contributed by atoms with van der Waals surface area (Å²) in [6.07, 6.45) is 87.3. The summed E-state index contributed by atoms with van der Waals surface area (Å²) in [6.45, 7) is 6.45. The Hall–Kier alpha value is -3.67. The molecule has 0 aromatic heterocycles. The molecule has 0 fully saturated rings. The third-order valence-corrected chi connectivity index (χ3v) is 14.1. The van der Waals surface area contributed by atoms with Crippen molar-refractivity contribution in [2.24, 2.45) is 0 Å². The van der Waals surface area contributed by atoms with Gasteiger partial charge in [0.15, 0.2) is 6.10 Å². The standard InChI is InChI=1S/C71H122O6/c1-4-7-10-13-16-19-22-25-27-29-31-32-33-34-35-36-37-38-40-41-43-46-49-52-55-58-61-64-70(73)76-67-68(66-75-69(72)63-60-57-54-51-48-45-24-21-18-15-12-9-6-3)77-71(74)65-62-59-56-53-50-47-44-42-39-30-28-26-23-20-17-14-11-8-5-2/h9,12,17-18,20-21,26,28-29,31,39,42,45,48,54,57,68H,4-8,10-11,13-16,19,22-25,27,30,32-38,40-41,43-44,46-47,49-53,55-56,58-67H2,1-3H3/b12-9-,20-17-,21-18-,28-26-,31-29-,42-39-,48-45-,57-54-. The summed E-state index contributed by atoms with van der Waals surface area (Å²) < 4.78 is 16.8. The van der Waals surface area contributed by atoms with Crippen molar-refractivity contribution in [1.29, 1.82) is 0 Å². The molecule has 1 unspecified atom stereocenters. The summed E-state index contributed by atoms with van der Waals surface area (Å²) in [5, 5.41) is 0. The van der Waals surface area contributed by atoms with E-state index in [2.05, 4.69) is 112 Å². The smallest absolute Gasteiger partial charge is 0.306 e. The van der Waals surface area contributed by atoms with Crippen molar-refractivity contribution in [2.75, 3.05) is 13.2 Å². The maximum Gasteiger partial charge on any atom is 0.306 e. The van der Waals surface area contributed by atoms with E-state index in [1.165, 1.54) is 180 Å². The average molecular weight is 1070 g/mol. The Kier molecular flexibility index (Phi) is 61.8. The van der Waals surface area contributed by atoms with Crippen LogP contribution in [0.3, 0.4) is 0 Å². The molecule has 0 radical (unpaired) electrons. The molecule has 6 nitrogen and oxygen atoms in total. The van der Waals surface area contributed by atoms with E-state index < -0.39 is 6.10 Å². The minimum absolute atomic E-state index is 0.104. The molecular weight excluding hydrogens is 949 g/mol. The summed E-state index contributed by atoms with van der Waals surface area (Å²) in [5.41, 5.74) is 0. The van der Waals surface area contributed by atoms with E-state index in [0.29, 0.717) is 19.3 Å². The van der Waals surface area contributed by atoms with Gasteiger partial charge in [-0.25, -0.2) is 0 Å². The molecule has 0 aliphatic rings. The minimum atomic E-state index is -0.815. The number of unbranched alkanes of at least 4 members (excludes halogenated alkanes) is 32. The first kappa shape index (κ1) is 73.3. The number of hydrogen-bond acceptors (Lipinski definition) is 6. The predicted molar refractivity (Wildman–Crippen MR) is 334 cm³/mol. The predicted octanol–water partition coefficient (Wildman–Crippen LogP) is 22.4. The zero-order valence-electron chi connectivity index (χ0n) is 50.7. The monoisotopic (exact) mass is 1070 g/mol. The van der Waals surface area contributed by atoms with Gasteiger partial charge in [-0.05, 0) is 109 Å². The van der Waals surface area contributed by atoms with Crippen LogP contribution < -0.4 is 0 Å². The molecule has 0 aromatic rings. The van der Waals surface area contributed by atoms with Crippen LogP contribution in [0, 0.1) is 0 Å². The molecule has 0 spiro atoms. The maximum absolute atomic E-state index is 12.9. The largest absolute Gasteiger partial charge is 0.462 e. The third-order valence-electron chi connectivity index (χ3n) is 14.1. The Labute approximate surface area is 477 Å². The Morgan fingerprint density at radius 3 is 0.909 bits per heavy atom. The summed E-state index contributed by atoms with van der Waals surface area (Å²) in [5.74, 6) is -0.993. The van der Waals surface area contributed by atoms with Gasteiger partial charge >= 0.3 is 17.9 Å². The van der Waals surface area contributed by atoms with E-state index in [-0.39, 0.29) is 37.5 Å². The van der Waals surface area contributed by atoms with Gasteiger partial charge in [0.2, 0.25) is 0 Å². The molecule has 0 aliphatic heterocycles. The molecule has 0 N–H and O–H groups in total. The number of allylic oxidation sites excluding steroid dienone is 16. The molecule has 0 saturated carbocycles. The Balaban J connectivity index is 4.32. The SMILES string of the molecule is CC/C=C\C/C=C\C/C=C\C/C=C\CCC(=O)OCC(COC(=O)CCCCCCCCCCCCCCCCC/C=C\CCCCCCCCCC)OC(=O)CCCCCCCC/C=C\C/C=C\C/C=C\CCCCC. The van der Waals surface area contributed by atoms with E-state index >= 15 is 0 Å². The lowest BCUT2D eigenvalue weighted by Gasteiger charge is -2.18. The highest BCUT2D eigenvalue weighted by Gasteiger charge is 2.19. The highest BCUT2D eigenvalue weighted by Crippen LogP contribution is 2.16. The molecule has 77 heavy (non-hydrogen) atoms. The van der Waals surface area contributed by atoms with Crippen LogP contribution in [0.5, 0.6) is 0 Å². The average Bonchev–Trinajstić information content (AvgIpc) is 3.43. The summed E-state index contributed by atoms with van der Waals surface area (Å²) in [4.78, 5) is 38.3. The maximum atomic E-state index is 12.9. The topological polar surface area (TPSA) is 78.9 Å². The third kappa shape index (κ3) is 63.0. The van der Waals surface area contributed by atoms with Crippen LogP contribution in [0.15, 0.2) is 97.2 Å². The molecule has 0 aliphatic carbocycles. The molecule has 6 heteroatoms. The van der Waals surface area contributed by atoms with Gasteiger partial charge in [0.05, 0.1) is 0 Å². The lowest BCUT2D eigenvalue weighted by Crippen LogP contribution is -2.30. The van der Waals surface area contributed by atoms with E-state index in [1.54, 1.807) is 0 Å². The van der Waals surface area contributed by atoms with Gasteiger partial charge in [-0.2, -0.15) is 0 Å². The fraction of sp³-hybridized carbons (Fsp3) is 0.732. The first-order valence-electron chi connectivity index (χ1n) is 32.7.